The van der Waals surface area contributed by atoms with Crippen molar-refractivity contribution in [1.82, 2.24) is 4.57 Å². The molecule has 0 saturated heterocycles. The van der Waals surface area contributed by atoms with Crippen molar-refractivity contribution in [2.45, 2.75) is 6.42 Å². The summed E-state index contributed by atoms with van der Waals surface area (Å²) in [5, 5.41) is 1.67. The molecule has 3 heteroatoms. The van der Waals surface area contributed by atoms with Crippen LogP contribution < -0.4 is 10.3 Å². The molecule has 0 atom stereocenters. The van der Waals surface area contributed by atoms with E-state index >= 15 is 0 Å². The molecule has 5 rings (SSSR count). The van der Waals surface area contributed by atoms with Crippen LogP contribution in [0.1, 0.15) is 11.3 Å². The maximum absolute atomic E-state index is 13.4. The summed E-state index contributed by atoms with van der Waals surface area (Å²) in [5.41, 5.74) is 5.57. The number of nitrogens with zero attached hydrogens (tertiary/aromatic N) is 1. The zero-order valence-electron chi connectivity index (χ0n) is 14.4. The van der Waals surface area contributed by atoms with Crippen molar-refractivity contribution in [1.29, 1.82) is 0 Å². The van der Waals surface area contributed by atoms with Crippen LogP contribution in [0.2, 0.25) is 0 Å². The number of aromatic nitrogens is 1. The summed E-state index contributed by atoms with van der Waals surface area (Å²) in [4.78, 5) is 13.4. The zero-order chi connectivity index (χ0) is 17.7. The predicted molar refractivity (Wildman–Crippen MR) is 104 cm³/mol. The molecule has 1 aliphatic rings. The van der Waals surface area contributed by atoms with Crippen LogP contribution >= 0.6 is 0 Å². The van der Waals surface area contributed by atoms with Gasteiger partial charge in [0.1, 0.15) is 5.75 Å². The van der Waals surface area contributed by atoms with Gasteiger partial charge in [-0.15, -0.1) is 0 Å². The number of rotatable bonds is 2. The number of hydrogen-bond acceptors (Lipinski definition) is 2. The van der Waals surface area contributed by atoms with Gasteiger partial charge in [-0.2, -0.15) is 0 Å². The number of hydrogen-bond donors (Lipinski definition) is 0. The highest BCUT2D eigenvalue weighted by Crippen LogP contribution is 2.41. The van der Waals surface area contributed by atoms with Crippen molar-refractivity contribution >= 4 is 10.8 Å². The molecule has 3 aromatic carbocycles. The minimum absolute atomic E-state index is 0.00310. The molecule has 0 spiro atoms. The number of methoxy groups -OCH3 is 1. The van der Waals surface area contributed by atoms with Gasteiger partial charge in [0, 0.05) is 23.4 Å². The van der Waals surface area contributed by atoms with Gasteiger partial charge in [-0.25, -0.2) is 0 Å². The fraction of sp³-hybridized carbons (Fsp3) is 0.0870. The van der Waals surface area contributed by atoms with E-state index in [2.05, 4.69) is 24.3 Å². The van der Waals surface area contributed by atoms with Crippen LogP contribution in [-0.4, -0.2) is 11.7 Å². The Bertz CT molecular complexity index is 1210. The van der Waals surface area contributed by atoms with Gasteiger partial charge >= 0.3 is 0 Å². The summed E-state index contributed by atoms with van der Waals surface area (Å²) in [7, 11) is 1.62. The molecule has 0 unspecified atom stereocenters. The highest BCUT2D eigenvalue weighted by molar-refractivity contribution is 6.00. The molecule has 0 radical (unpaired) electrons. The van der Waals surface area contributed by atoms with Crippen LogP contribution in [0.4, 0.5) is 0 Å². The standard InChI is InChI=1S/C23H17NO2/c1-26-17-11-12-19-20(14-17)23(25)24(16-8-3-2-4-9-16)21-13-15-7-5-6-10-18(15)22(19)21/h2-12,14H,13H2,1H3. The molecule has 0 fully saturated rings. The average molecular weight is 339 g/mol. The third-order valence-electron chi connectivity index (χ3n) is 5.15. The summed E-state index contributed by atoms with van der Waals surface area (Å²) in [6, 6.07) is 24.0. The van der Waals surface area contributed by atoms with Crippen LogP contribution in [0.15, 0.2) is 77.6 Å². The molecule has 0 amide bonds. The lowest BCUT2D eigenvalue weighted by Gasteiger charge is -2.16. The Morgan fingerprint density at radius 3 is 2.46 bits per heavy atom. The Kier molecular flexibility index (Phi) is 3.22. The molecular weight excluding hydrogens is 322 g/mol. The van der Waals surface area contributed by atoms with Crippen LogP contribution in [0.5, 0.6) is 5.75 Å². The van der Waals surface area contributed by atoms with Crippen LogP contribution in [0, 0.1) is 0 Å². The van der Waals surface area contributed by atoms with E-state index in [9.17, 15) is 4.79 Å². The maximum atomic E-state index is 13.4. The zero-order valence-corrected chi connectivity index (χ0v) is 14.4. The first-order valence-corrected chi connectivity index (χ1v) is 8.67. The van der Waals surface area contributed by atoms with E-state index in [4.69, 9.17) is 4.74 Å². The SMILES string of the molecule is COc1ccc2c3c(n(-c4ccccc4)c(=O)c2c1)Cc1ccccc1-3. The smallest absolute Gasteiger partial charge is 0.263 e. The van der Waals surface area contributed by atoms with E-state index in [1.54, 1.807) is 7.11 Å². The minimum Gasteiger partial charge on any atom is -0.497 e. The second-order valence-corrected chi connectivity index (χ2v) is 6.54. The van der Waals surface area contributed by atoms with E-state index in [-0.39, 0.29) is 5.56 Å². The first kappa shape index (κ1) is 15.0. The summed E-state index contributed by atoms with van der Waals surface area (Å²) in [6.07, 6.45) is 0.762. The number of pyridine rings is 1. The molecule has 0 bridgehead atoms. The molecule has 3 nitrogen and oxygen atoms in total. The van der Waals surface area contributed by atoms with Crippen molar-refractivity contribution in [2.24, 2.45) is 0 Å². The fourth-order valence-electron chi connectivity index (χ4n) is 3.97. The van der Waals surface area contributed by atoms with E-state index < -0.39 is 0 Å². The minimum atomic E-state index is -0.00310. The maximum Gasteiger partial charge on any atom is 0.263 e. The normalized spacial score (nSPS) is 12.0. The van der Waals surface area contributed by atoms with Gasteiger partial charge in [-0.1, -0.05) is 42.5 Å². The van der Waals surface area contributed by atoms with E-state index in [1.165, 1.54) is 11.1 Å². The number of ether oxygens (including phenoxy) is 1. The summed E-state index contributed by atoms with van der Waals surface area (Å²) >= 11 is 0. The van der Waals surface area contributed by atoms with Gasteiger partial charge in [0.2, 0.25) is 0 Å². The van der Waals surface area contributed by atoms with Gasteiger partial charge in [0.25, 0.3) is 5.56 Å². The Labute approximate surface area is 151 Å². The first-order chi connectivity index (χ1) is 12.8. The van der Waals surface area contributed by atoms with Gasteiger partial charge < -0.3 is 4.74 Å². The third-order valence-corrected chi connectivity index (χ3v) is 5.15. The molecule has 1 aromatic heterocycles. The summed E-state index contributed by atoms with van der Waals surface area (Å²) in [6.45, 7) is 0. The van der Waals surface area contributed by atoms with E-state index in [0.29, 0.717) is 11.1 Å². The highest BCUT2D eigenvalue weighted by atomic mass is 16.5. The molecule has 0 saturated carbocycles. The van der Waals surface area contributed by atoms with Crippen LogP contribution in [-0.2, 0) is 6.42 Å². The molecule has 0 N–H and O–H groups in total. The lowest BCUT2D eigenvalue weighted by molar-refractivity contribution is 0.415. The topological polar surface area (TPSA) is 31.2 Å². The van der Waals surface area contributed by atoms with E-state index in [0.717, 1.165) is 28.8 Å². The van der Waals surface area contributed by atoms with Crippen LogP contribution in [0.3, 0.4) is 0 Å². The Morgan fingerprint density at radius 1 is 0.885 bits per heavy atom. The Hall–Kier alpha value is -3.33. The van der Waals surface area contributed by atoms with Gasteiger partial charge in [0.15, 0.2) is 0 Å². The monoisotopic (exact) mass is 339 g/mol. The average Bonchev–Trinajstić information content (AvgIpc) is 3.07. The van der Waals surface area contributed by atoms with Gasteiger partial charge in [-0.3, -0.25) is 9.36 Å². The first-order valence-electron chi connectivity index (χ1n) is 8.67. The molecule has 126 valence electrons. The quantitative estimate of drug-likeness (QED) is 0.472. The lowest BCUT2D eigenvalue weighted by atomic mass is 10.0. The van der Waals surface area contributed by atoms with Crippen LogP contribution in [0.25, 0.3) is 27.6 Å². The molecule has 1 aliphatic carbocycles. The number of para-hydroxylation sites is 1. The Balaban J connectivity index is 1.97. The predicted octanol–water partition coefficient (Wildman–Crippen LogP) is 4.57. The molecule has 4 aromatic rings. The summed E-state index contributed by atoms with van der Waals surface area (Å²) < 4.78 is 7.22. The summed E-state index contributed by atoms with van der Waals surface area (Å²) in [5.74, 6) is 0.695. The molecule has 0 aliphatic heterocycles. The van der Waals surface area contributed by atoms with Crippen molar-refractivity contribution < 1.29 is 4.74 Å². The number of benzene rings is 3. The van der Waals surface area contributed by atoms with Crippen molar-refractivity contribution in [2.75, 3.05) is 7.11 Å². The molecule has 1 heterocycles. The van der Waals surface area contributed by atoms with Gasteiger partial charge in [0.05, 0.1) is 12.5 Å². The molecule has 26 heavy (non-hydrogen) atoms. The van der Waals surface area contributed by atoms with Crippen molar-refractivity contribution in [3.8, 4) is 22.6 Å². The largest absolute Gasteiger partial charge is 0.497 e. The Morgan fingerprint density at radius 2 is 1.65 bits per heavy atom. The molecular formula is C23H17NO2. The lowest BCUT2D eigenvalue weighted by Crippen LogP contribution is -2.22. The fourth-order valence-corrected chi connectivity index (χ4v) is 3.97. The number of fused-ring (bicyclic) bond motifs is 5. The third kappa shape index (κ3) is 2.04. The van der Waals surface area contributed by atoms with Gasteiger partial charge in [-0.05, 0) is 46.8 Å². The second-order valence-electron chi connectivity index (χ2n) is 6.54. The van der Waals surface area contributed by atoms with Crippen molar-refractivity contribution in [3.05, 3.63) is 94.4 Å². The van der Waals surface area contributed by atoms with E-state index in [1.807, 2.05) is 53.1 Å². The second kappa shape index (κ2) is 5.60. The highest BCUT2D eigenvalue weighted by Gasteiger charge is 2.26. The van der Waals surface area contributed by atoms with Crippen molar-refractivity contribution in [3.63, 3.8) is 0 Å².